The molecule has 0 aliphatic carbocycles. The molecule has 0 aliphatic heterocycles. The van der Waals surface area contributed by atoms with Gasteiger partial charge >= 0.3 is 0 Å². The number of methoxy groups -OCH3 is 1. The standard InChI is InChI=1S/C15H24FNOS/c1-5-8-17-15(10-19-11(2)3)13-7-6-12(18-4)9-14(13)16/h6-7,9,11,15,17H,5,8,10H2,1-4H3. The van der Waals surface area contributed by atoms with Crippen LogP contribution in [0.1, 0.15) is 38.8 Å². The van der Waals surface area contributed by atoms with Crippen molar-refractivity contribution in [3.05, 3.63) is 29.6 Å². The van der Waals surface area contributed by atoms with Crippen LogP contribution < -0.4 is 10.1 Å². The summed E-state index contributed by atoms with van der Waals surface area (Å²) in [7, 11) is 1.55. The van der Waals surface area contributed by atoms with Crippen molar-refractivity contribution in [1.82, 2.24) is 5.32 Å². The summed E-state index contributed by atoms with van der Waals surface area (Å²) in [5.41, 5.74) is 0.724. The van der Waals surface area contributed by atoms with E-state index in [9.17, 15) is 4.39 Å². The number of nitrogens with one attached hydrogen (secondary N) is 1. The summed E-state index contributed by atoms with van der Waals surface area (Å²) in [6.07, 6.45) is 1.04. The maximum Gasteiger partial charge on any atom is 0.131 e. The number of hydrogen-bond acceptors (Lipinski definition) is 3. The maximum absolute atomic E-state index is 14.1. The van der Waals surface area contributed by atoms with Crippen LogP contribution in [0.2, 0.25) is 0 Å². The van der Waals surface area contributed by atoms with Gasteiger partial charge in [-0.05, 0) is 24.3 Å². The van der Waals surface area contributed by atoms with Crippen molar-refractivity contribution in [2.45, 2.75) is 38.5 Å². The number of ether oxygens (including phenoxy) is 1. The molecule has 1 unspecified atom stereocenters. The molecule has 1 N–H and O–H groups in total. The molecule has 0 radical (unpaired) electrons. The fraction of sp³-hybridized carbons (Fsp3) is 0.600. The van der Waals surface area contributed by atoms with E-state index in [1.54, 1.807) is 7.11 Å². The van der Waals surface area contributed by atoms with Crippen molar-refractivity contribution in [2.24, 2.45) is 0 Å². The lowest BCUT2D eigenvalue weighted by atomic mass is 10.1. The van der Waals surface area contributed by atoms with Crippen LogP contribution in [-0.4, -0.2) is 24.7 Å². The van der Waals surface area contributed by atoms with Crippen molar-refractivity contribution in [3.8, 4) is 5.75 Å². The molecule has 0 bridgehead atoms. The Morgan fingerprint density at radius 3 is 2.63 bits per heavy atom. The molecule has 0 spiro atoms. The lowest BCUT2D eigenvalue weighted by Crippen LogP contribution is -2.25. The van der Waals surface area contributed by atoms with Crippen molar-refractivity contribution in [3.63, 3.8) is 0 Å². The first kappa shape index (κ1) is 16.3. The third kappa shape index (κ3) is 5.41. The first-order chi connectivity index (χ1) is 9.08. The van der Waals surface area contributed by atoms with Crippen molar-refractivity contribution < 1.29 is 9.13 Å². The van der Waals surface area contributed by atoms with Gasteiger partial charge in [-0.25, -0.2) is 4.39 Å². The van der Waals surface area contributed by atoms with E-state index in [1.807, 2.05) is 23.9 Å². The van der Waals surface area contributed by atoms with Gasteiger partial charge in [0.05, 0.1) is 7.11 Å². The number of rotatable bonds is 8. The van der Waals surface area contributed by atoms with E-state index < -0.39 is 0 Å². The molecular formula is C15H24FNOS. The first-order valence-corrected chi connectivity index (χ1v) is 7.81. The highest BCUT2D eigenvalue weighted by Crippen LogP contribution is 2.26. The van der Waals surface area contributed by atoms with Gasteiger partial charge in [-0.15, -0.1) is 0 Å². The second-order valence-corrected chi connectivity index (χ2v) is 6.39. The van der Waals surface area contributed by atoms with Gasteiger partial charge in [-0.3, -0.25) is 0 Å². The topological polar surface area (TPSA) is 21.3 Å². The van der Waals surface area contributed by atoms with Gasteiger partial charge in [0.1, 0.15) is 11.6 Å². The molecule has 0 saturated heterocycles. The molecule has 1 aromatic rings. The minimum Gasteiger partial charge on any atom is -0.497 e. The Hall–Kier alpha value is -0.740. The van der Waals surface area contributed by atoms with Crippen LogP contribution in [0.15, 0.2) is 18.2 Å². The highest BCUT2D eigenvalue weighted by atomic mass is 32.2. The molecule has 19 heavy (non-hydrogen) atoms. The van der Waals surface area contributed by atoms with Crippen LogP contribution >= 0.6 is 11.8 Å². The van der Waals surface area contributed by atoms with Crippen LogP contribution in [-0.2, 0) is 0 Å². The van der Waals surface area contributed by atoms with E-state index in [0.717, 1.165) is 24.3 Å². The molecular weight excluding hydrogens is 261 g/mol. The Balaban J connectivity index is 2.82. The Bertz CT molecular complexity index is 384. The molecule has 0 aliphatic rings. The Morgan fingerprint density at radius 2 is 2.11 bits per heavy atom. The summed E-state index contributed by atoms with van der Waals surface area (Å²) in [6, 6.07) is 5.15. The summed E-state index contributed by atoms with van der Waals surface area (Å²) in [6.45, 7) is 7.33. The highest BCUT2D eigenvalue weighted by molar-refractivity contribution is 7.99. The van der Waals surface area contributed by atoms with E-state index in [1.165, 1.54) is 6.07 Å². The summed E-state index contributed by atoms with van der Waals surface area (Å²) < 4.78 is 19.2. The average Bonchev–Trinajstić information content (AvgIpc) is 2.39. The first-order valence-electron chi connectivity index (χ1n) is 6.76. The fourth-order valence-corrected chi connectivity index (χ4v) is 2.66. The van der Waals surface area contributed by atoms with E-state index in [0.29, 0.717) is 11.0 Å². The zero-order valence-electron chi connectivity index (χ0n) is 12.2. The molecule has 0 amide bonds. The van der Waals surface area contributed by atoms with Crippen LogP contribution in [0.25, 0.3) is 0 Å². The number of benzene rings is 1. The molecule has 0 heterocycles. The molecule has 4 heteroatoms. The Labute approximate surface area is 120 Å². The quantitative estimate of drug-likeness (QED) is 0.779. The molecule has 0 aromatic heterocycles. The minimum atomic E-state index is -0.197. The highest BCUT2D eigenvalue weighted by Gasteiger charge is 2.16. The Morgan fingerprint density at radius 1 is 1.37 bits per heavy atom. The number of halogens is 1. The average molecular weight is 285 g/mol. The lowest BCUT2D eigenvalue weighted by molar-refractivity contribution is 0.409. The van der Waals surface area contributed by atoms with Crippen LogP contribution in [0.3, 0.4) is 0 Å². The predicted molar refractivity (Wildman–Crippen MR) is 81.6 cm³/mol. The van der Waals surface area contributed by atoms with E-state index in [2.05, 4.69) is 26.1 Å². The van der Waals surface area contributed by atoms with E-state index in [-0.39, 0.29) is 11.9 Å². The van der Waals surface area contributed by atoms with Crippen molar-refractivity contribution in [2.75, 3.05) is 19.4 Å². The van der Waals surface area contributed by atoms with E-state index >= 15 is 0 Å². The third-order valence-corrected chi connectivity index (χ3v) is 4.01. The van der Waals surface area contributed by atoms with Gasteiger partial charge in [0, 0.05) is 23.4 Å². The molecule has 1 rings (SSSR count). The molecule has 108 valence electrons. The van der Waals surface area contributed by atoms with Gasteiger partial charge in [0.2, 0.25) is 0 Å². The Kier molecular flexibility index (Phi) is 7.24. The number of hydrogen-bond donors (Lipinski definition) is 1. The normalized spacial score (nSPS) is 12.7. The minimum absolute atomic E-state index is 0.0539. The lowest BCUT2D eigenvalue weighted by Gasteiger charge is -2.20. The third-order valence-electron chi connectivity index (χ3n) is 2.82. The summed E-state index contributed by atoms with van der Waals surface area (Å²) >= 11 is 1.84. The maximum atomic E-state index is 14.1. The van der Waals surface area contributed by atoms with Gasteiger partial charge in [0.15, 0.2) is 0 Å². The zero-order valence-corrected chi connectivity index (χ0v) is 13.0. The second kappa shape index (κ2) is 8.43. The van der Waals surface area contributed by atoms with Gasteiger partial charge in [-0.1, -0.05) is 26.8 Å². The second-order valence-electron chi connectivity index (χ2n) is 4.78. The van der Waals surface area contributed by atoms with Crippen LogP contribution in [0.4, 0.5) is 4.39 Å². The summed E-state index contributed by atoms with van der Waals surface area (Å²) in [4.78, 5) is 0. The SMILES string of the molecule is CCCNC(CSC(C)C)c1ccc(OC)cc1F. The monoisotopic (exact) mass is 285 g/mol. The van der Waals surface area contributed by atoms with Crippen LogP contribution in [0, 0.1) is 5.82 Å². The largest absolute Gasteiger partial charge is 0.497 e. The number of thioether (sulfide) groups is 1. The molecule has 0 saturated carbocycles. The summed E-state index contributed by atoms with van der Waals surface area (Å²) in [5, 5.41) is 3.97. The van der Waals surface area contributed by atoms with Gasteiger partial charge in [0.25, 0.3) is 0 Å². The molecule has 2 nitrogen and oxygen atoms in total. The van der Waals surface area contributed by atoms with Gasteiger partial charge < -0.3 is 10.1 Å². The molecule has 1 atom stereocenters. The summed E-state index contributed by atoms with van der Waals surface area (Å²) in [5.74, 6) is 1.24. The van der Waals surface area contributed by atoms with Crippen LogP contribution in [0.5, 0.6) is 5.75 Å². The molecule has 0 fully saturated rings. The fourth-order valence-electron chi connectivity index (χ4n) is 1.78. The van der Waals surface area contributed by atoms with Crippen molar-refractivity contribution in [1.29, 1.82) is 0 Å². The smallest absolute Gasteiger partial charge is 0.131 e. The van der Waals surface area contributed by atoms with Crippen molar-refractivity contribution >= 4 is 11.8 Å². The molecule has 1 aromatic carbocycles. The zero-order chi connectivity index (χ0) is 14.3. The van der Waals surface area contributed by atoms with Gasteiger partial charge in [-0.2, -0.15) is 11.8 Å². The predicted octanol–water partition coefficient (Wildman–Crippen LogP) is 4.02. The van der Waals surface area contributed by atoms with E-state index in [4.69, 9.17) is 4.74 Å².